The van der Waals surface area contributed by atoms with E-state index in [-0.39, 0.29) is 11.1 Å². The molecule has 1 aromatic heterocycles. The highest BCUT2D eigenvalue weighted by Crippen LogP contribution is 2.24. The average Bonchev–Trinajstić information content (AvgIpc) is 3.14. The molecule has 31 heavy (non-hydrogen) atoms. The Morgan fingerprint density at radius 2 is 1.81 bits per heavy atom. The lowest BCUT2D eigenvalue weighted by atomic mass is 9.86. The van der Waals surface area contributed by atoms with Crippen molar-refractivity contribution >= 4 is 22.7 Å². The van der Waals surface area contributed by atoms with Crippen LogP contribution in [-0.4, -0.2) is 21.9 Å². The Hall–Kier alpha value is -3.32. The van der Waals surface area contributed by atoms with Crippen LogP contribution in [-0.2, 0) is 5.41 Å². The van der Waals surface area contributed by atoms with Crippen molar-refractivity contribution in [2.24, 2.45) is 10.1 Å². The monoisotopic (exact) mass is 434 g/mol. The molecule has 7 heteroatoms. The first-order valence-electron chi connectivity index (χ1n) is 9.94. The molecule has 0 atom stereocenters. The van der Waals surface area contributed by atoms with Crippen LogP contribution in [0.3, 0.4) is 0 Å². The molecule has 0 aliphatic rings. The predicted octanol–water partition coefficient (Wildman–Crippen LogP) is 5.78. The topological polar surface area (TPSA) is 72.8 Å². The highest BCUT2D eigenvalue weighted by Gasteiger charge is 2.14. The Morgan fingerprint density at radius 1 is 1.16 bits per heavy atom. The van der Waals surface area contributed by atoms with Gasteiger partial charge in [-0.3, -0.25) is 15.1 Å². The Labute approximate surface area is 186 Å². The summed E-state index contributed by atoms with van der Waals surface area (Å²) in [5.74, 6) is 0. The van der Waals surface area contributed by atoms with E-state index in [2.05, 4.69) is 56.6 Å². The smallest absolute Gasteiger partial charge is 0.258 e. The molecule has 0 aliphatic heterocycles. The van der Waals surface area contributed by atoms with Crippen molar-refractivity contribution in [2.45, 2.75) is 33.1 Å². The third kappa shape index (κ3) is 5.24. The molecule has 3 aromatic rings. The van der Waals surface area contributed by atoms with Gasteiger partial charge in [0.15, 0.2) is 0 Å². The Bertz CT molecular complexity index is 1180. The van der Waals surface area contributed by atoms with E-state index < -0.39 is 4.92 Å². The molecule has 0 N–H and O–H groups in total. The van der Waals surface area contributed by atoms with Crippen LogP contribution in [0.1, 0.15) is 38.8 Å². The fourth-order valence-electron chi connectivity index (χ4n) is 3.02. The summed E-state index contributed by atoms with van der Waals surface area (Å²) < 4.78 is 1.79. The van der Waals surface area contributed by atoms with E-state index in [4.69, 9.17) is 5.10 Å². The summed E-state index contributed by atoms with van der Waals surface area (Å²) in [6.45, 7) is 12.7. The van der Waals surface area contributed by atoms with Crippen LogP contribution in [0.15, 0.2) is 76.7 Å². The Kier molecular flexibility index (Phi) is 6.65. The number of rotatable bonds is 6. The fourth-order valence-corrected chi connectivity index (χ4v) is 3.86. The Morgan fingerprint density at radius 3 is 2.35 bits per heavy atom. The van der Waals surface area contributed by atoms with E-state index in [1.807, 2.05) is 12.3 Å². The lowest BCUT2D eigenvalue weighted by Gasteiger charge is -2.19. The maximum absolute atomic E-state index is 11.0. The van der Waals surface area contributed by atoms with Crippen LogP contribution >= 0.6 is 11.3 Å². The van der Waals surface area contributed by atoms with Crippen LogP contribution in [0, 0.1) is 10.1 Å². The number of benzene rings is 2. The molecule has 1 heterocycles. The fraction of sp³-hybridized carbons (Fsp3) is 0.250. The van der Waals surface area contributed by atoms with E-state index in [1.54, 1.807) is 22.9 Å². The highest BCUT2D eigenvalue weighted by molar-refractivity contribution is 7.07. The van der Waals surface area contributed by atoms with Crippen LogP contribution < -0.4 is 4.80 Å². The SMILES string of the molecule is C=CCN=c1scc(-c2ccc([N+](=O)[O-])cc2)n1N=C(C)c1ccc(C(C)(C)C)cc1. The van der Waals surface area contributed by atoms with Crippen LogP contribution in [0.4, 0.5) is 5.69 Å². The van der Waals surface area contributed by atoms with Gasteiger partial charge in [0.25, 0.3) is 5.69 Å². The molecule has 0 unspecified atom stereocenters. The first kappa shape index (κ1) is 22.4. The van der Waals surface area contributed by atoms with E-state index in [0.29, 0.717) is 6.54 Å². The average molecular weight is 435 g/mol. The summed E-state index contributed by atoms with van der Waals surface area (Å²) in [7, 11) is 0. The lowest BCUT2D eigenvalue weighted by molar-refractivity contribution is -0.384. The second-order valence-corrected chi connectivity index (χ2v) is 9.00. The van der Waals surface area contributed by atoms with Gasteiger partial charge in [0.1, 0.15) is 0 Å². The van der Waals surface area contributed by atoms with Gasteiger partial charge in [-0.15, -0.1) is 17.9 Å². The molecule has 0 fully saturated rings. The molecule has 160 valence electrons. The molecule has 0 spiro atoms. The van der Waals surface area contributed by atoms with Gasteiger partial charge in [-0.05, 0) is 35.6 Å². The summed E-state index contributed by atoms with van der Waals surface area (Å²) in [5, 5.41) is 17.8. The molecular formula is C24H26N4O2S. The molecule has 0 saturated carbocycles. The standard InChI is InChI=1S/C24H26N4O2S/c1-6-15-25-23-27(22(16-31-23)19-9-13-21(14-10-19)28(29)30)26-17(2)18-7-11-20(12-8-18)24(3,4)5/h6-14,16H,1,15H2,2-5H3. The minimum atomic E-state index is -0.403. The number of thiazole rings is 1. The van der Waals surface area contributed by atoms with E-state index in [0.717, 1.165) is 27.3 Å². The number of hydrogen-bond donors (Lipinski definition) is 0. The summed E-state index contributed by atoms with van der Waals surface area (Å²) in [6.07, 6.45) is 1.73. The maximum atomic E-state index is 11.0. The number of non-ortho nitro benzene ring substituents is 1. The second-order valence-electron chi connectivity index (χ2n) is 8.16. The molecule has 3 rings (SSSR count). The van der Waals surface area contributed by atoms with Gasteiger partial charge >= 0.3 is 0 Å². The van der Waals surface area contributed by atoms with Gasteiger partial charge in [-0.25, -0.2) is 4.68 Å². The molecule has 0 amide bonds. The largest absolute Gasteiger partial charge is 0.269 e. The van der Waals surface area contributed by atoms with Crippen LogP contribution in [0.25, 0.3) is 11.3 Å². The van der Waals surface area contributed by atoms with Gasteiger partial charge in [0.05, 0.1) is 22.9 Å². The summed E-state index contributed by atoms with van der Waals surface area (Å²) in [4.78, 5) is 15.9. The summed E-state index contributed by atoms with van der Waals surface area (Å²) >= 11 is 1.47. The zero-order valence-corrected chi connectivity index (χ0v) is 19.0. The zero-order valence-electron chi connectivity index (χ0n) is 18.2. The lowest BCUT2D eigenvalue weighted by Crippen LogP contribution is -2.15. The number of nitrogens with zero attached hydrogens (tertiary/aromatic N) is 4. The maximum Gasteiger partial charge on any atom is 0.269 e. The van der Waals surface area contributed by atoms with Crippen molar-refractivity contribution in [3.63, 3.8) is 0 Å². The van der Waals surface area contributed by atoms with Crippen molar-refractivity contribution in [3.8, 4) is 11.3 Å². The Balaban J connectivity index is 2.06. The van der Waals surface area contributed by atoms with Crippen molar-refractivity contribution in [2.75, 3.05) is 6.54 Å². The summed E-state index contributed by atoms with van der Waals surface area (Å²) in [5.41, 5.74) is 4.94. The first-order valence-corrected chi connectivity index (χ1v) is 10.8. The number of nitro benzene ring substituents is 1. The minimum absolute atomic E-state index is 0.0562. The van der Waals surface area contributed by atoms with Gasteiger partial charge in [0.2, 0.25) is 4.80 Å². The zero-order chi connectivity index (χ0) is 22.6. The number of aromatic nitrogens is 1. The molecule has 0 aliphatic carbocycles. The number of nitro groups is 1. The predicted molar refractivity (Wildman–Crippen MR) is 128 cm³/mol. The summed E-state index contributed by atoms with van der Waals surface area (Å²) in [6, 6.07) is 14.9. The van der Waals surface area contributed by atoms with Crippen molar-refractivity contribution in [1.29, 1.82) is 0 Å². The molecule has 2 aromatic carbocycles. The highest BCUT2D eigenvalue weighted by atomic mass is 32.1. The molecule has 0 radical (unpaired) electrons. The van der Waals surface area contributed by atoms with E-state index >= 15 is 0 Å². The van der Waals surface area contributed by atoms with Crippen molar-refractivity contribution in [1.82, 2.24) is 4.68 Å². The number of hydrogen-bond acceptors (Lipinski definition) is 5. The van der Waals surface area contributed by atoms with Gasteiger partial charge in [0, 0.05) is 23.1 Å². The van der Waals surface area contributed by atoms with E-state index in [9.17, 15) is 10.1 Å². The molecule has 0 bridgehead atoms. The normalized spacial score (nSPS) is 12.8. The molecule has 0 saturated heterocycles. The van der Waals surface area contributed by atoms with Gasteiger partial charge in [-0.1, -0.05) is 51.1 Å². The van der Waals surface area contributed by atoms with Gasteiger partial charge < -0.3 is 0 Å². The minimum Gasteiger partial charge on any atom is -0.258 e. The van der Waals surface area contributed by atoms with Crippen LogP contribution in [0.5, 0.6) is 0 Å². The van der Waals surface area contributed by atoms with Crippen LogP contribution in [0.2, 0.25) is 0 Å². The van der Waals surface area contributed by atoms with Gasteiger partial charge in [-0.2, -0.15) is 5.10 Å². The second kappa shape index (κ2) is 9.22. The van der Waals surface area contributed by atoms with E-state index in [1.165, 1.54) is 29.0 Å². The third-order valence-corrected chi connectivity index (χ3v) is 5.69. The third-order valence-electron chi connectivity index (χ3n) is 4.83. The molecular weight excluding hydrogens is 408 g/mol. The molecule has 6 nitrogen and oxygen atoms in total. The quantitative estimate of drug-likeness (QED) is 0.213. The first-order chi connectivity index (χ1) is 14.7. The van der Waals surface area contributed by atoms with Crippen molar-refractivity contribution < 1.29 is 4.92 Å². The van der Waals surface area contributed by atoms with Crippen molar-refractivity contribution in [3.05, 3.63) is 92.6 Å².